The Hall–Kier alpha value is -4.50. The number of nitrogens with zero attached hydrogens (tertiary/aromatic N) is 2. The molecule has 39 heavy (non-hydrogen) atoms. The van der Waals surface area contributed by atoms with Gasteiger partial charge >= 0.3 is 5.97 Å². The molecule has 0 aliphatic carbocycles. The topological polar surface area (TPSA) is 96.7 Å². The summed E-state index contributed by atoms with van der Waals surface area (Å²) < 4.78 is 11.1. The molecular formula is C30H28N4O4S. The van der Waals surface area contributed by atoms with Crippen LogP contribution in [-0.4, -0.2) is 40.5 Å². The fourth-order valence-electron chi connectivity index (χ4n) is 4.68. The van der Waals surface area contributed by atoms with Gasteiger partial charge in [0.15, 0.2) is 5.11 Å². The molecule has 2 aromatic carbocycles. The van der Waals surface area contributed by atoms with Crippen LogP contribution in [0.3, 0.4) is 0 Å². The number of benzene rings is 2. The summed E-state index contributed by atoms with van der Waals surface area (Å²) in [6.45, 7) is 2.37. The minimum atomic E-state index is -0.396. The molecule has 0 bridgehead atoms. The van der Waals surface area contributed by atoms with Crippen molar-refractivity contribution in [3.63, 3.8) is 0 Å². The smallest absolute Gasteiger partial charge is 0.337 e. The molecule has 1 fully saturated rings. The summed E-state index contributed by atoms with van der Waals surface area (Å²) in [7, 11) is 1.35. The summed E-state index contributed by atoms with van der Waals surface area (Å²) in [5.74, 6) is 0.835. The van der Waals surface area contributed by atoms with Crippen LogP contribution >= 0.6 is 12.2 Å². The number of anilines is 1. The van der Waals surface area contributed by atoms with E-state index < -0.39 is 5.97 Å². The molecule has 198 valence electrons. The molecule has 0 saturated carbocycles. The largest absolute Gasteiger partial charge is 0.465 e. The van der Waals surface area contributed by atoms with Crippen molar-refractivity contribution in [1.82, 2.24) is 15.2 Å². The Balaban J connectivity index is 1.38. The number of pyridine rings is 1. The summed E-state index contributed by atoms with van der Waals surface area (Å²) in [6, 6.07) is 23.7. The Morgan fingerprint density at radius 3 is 2.62 bits per heavy atom. The van der Waals surface area contributed by atoms with E-state index in [1.807, 2.05) is 78.6 Å². The Kier molecular flexibility index (Phi) is 7.69. The molecule has 0 spiro atoms. The molecule has 1 aliphatic rings. The molecule has 2 aromatic heterocycles. The van der Waals surface area contributed by atoms with Crippen LogP contribution in [0.25, 0.3) is 11.3 Å². The third-order valence-electron chi connectivity index (χ3n) is 6.59. The summed E-state index contributed by atoms with van der Waals surface area (Å²) in [5.41, 5.74) is 3.94. The Labute approximate surface area is 232 Å². The SMILES string of the molecule is COC(=O)c1ccc(-c2ccc(C3C(c4ccccn4)NC(=S)N3CCC(=O)Nc3cccc(C)c3)o2)cc1. The first kappa shape index (κ1) is 26.1. The van der Waals surface area contributed by atoms with Crippen LogP contribution in [0.15, 0.2) is 89.5 Å². The van der Waals surface area contributed by atoms with Gasteiger partial charge in [-0.2, -0.15) is 0 Å². The summed E-state index contributed by atoms with van der Waals surface area (Å²) >= 11 is 5.71. The average Bonchev–Trinajstić information content (AvgIpc) is 3.56. The highest BCUT2D eigenvalue weighted by atomic mass is 32.1. The highest BCUT2D eigenvalue weighted by molar-refractivity contribution is 7.80. The van der Waals surface area contributed by atoms with E-state index in [9.17, 15) is 9.59 Å². The highest BCUT2D eigenvalue weighted by Crippen LogP contribution is 2.40. The van der Waals surface area contributed by atoms with Crippen LogP contribution in [0.4, 0.5) is 5.69 Å². The Bertz CT molecular complexity index is 1490. The lowest BCUT2D eigenvalue weighted by molar-refractivity contribution is -0.116. The van der Waals surface area contributed by atoms with Crippen molar-refractivity contribution in [2.75, 3.05) is 19.0 Å². The third kappa shape index (κ3) is 5.83. The number of rotatable bonds is 8. The first-order chi connectivity index (χ1) is 18.9. The van der Waals surface area contributed by atoms with Gasteiger partial charge in [0.25, 0.3) is 0 Å². The zero-order chi connectivity index (χ0) is 27.4. The summed E-state index contributed by atoms with van der Waals surface area (Å²) in [5, 5.41) is 6.87. The van der Waals surface area contributed by atoms with E-state index in [4.69, 9.17) is 21.4 Å². The molecule has 2 unspecified atom stereocenters. The Morgan fingerprint density at radius 1 is 1.08 bits per heavy atom. The van der Waals surface area contributed by atoms with Crippen LogP contribution in [0.5, 0.6) is 0 Å². The van der Waals surface area contributed by atoms with Crippen molar-refractivity contribution < 1.29 is 18.7 Å². The van der Waals surface area contributed by atoms with Gasteiger partial charge in [-0.15, -0.1) is 0 Å². The van der Waals surface area contributed by atoms with E-state index in [2.05, 4.69) is 15.6 Å². The molecule has 3 heterocycles. The van der Waals surface area contributed by atoms with Crippen molar-refractivity contribution in [2.24, 2.45) is 0 Å². The number of nitrogens with one attached hydrogen (secondary N) is 2. The number of hydrogen-bond donors (Lipinski definition) is 2. The average molecular weight is 541 g/mol. The number of ether oxygens (including phenoxy) is 1. The Morgan fingerprint density at radius 2 is 1.90 bits per heavy atom. The lowest BCUT2D eigenvalue weighted by Gasteiger charge is -2.25. The molecule has 9 heteroatoms. The van der Waals surface area contributed by atoms with E-state index >= 15 is 0 Å². The highest BCUT2D eigenvalue weighted by Gasteiger charge is 2.41. The number of carbonyl (C=O) groups is 2. The van der Waals surface area contributed by atoms with Gasteiger partial charge in [-0.3, -0.25) is 9.78 Å². The second-order valence-corrected chi connectivity index (χ2v) is 9.65. The van der Waals surface area contributed by atoms with Crippen molar-refractivity contribution in [2.45, 2.75) is 25.4 Å². The van der Waals surface area contributed by atoms with E-state index in [1.165, 1.54) is 7.11 Å². The van der Waals surface area contributed by atoms with Gasteiger partial charge in [0.2, 0.25) is 5.91 Å². The predicted molar refractivity (Wildman–Crippen MR) is 152 cm³/mol. The standard InChI is InChI=1S/C30H28N4O4S/c1-19-6-5-7-22(18-19)32-26(35)15-17-34-28(27(33-30(34)39)23-8-3-4-16-31-23)25-14-13-24(38-25)20-9-11-21(12-10-20)29(36)37-2/h3-14,16,18,27-28H,15,17H2,1-2H3,(H,32,35)(H,33,39). The number of carbonyl (C=O) groups excluding carboxylic acids is 2. The number of aromatic nitrogens is 1. The number of furan rings is 1. The zero-order valence-corrected chi connectivity index (χ0v) is 22.4. The molecule has 0 radical (unpaired) electrons. The van der Waals surface area contributed by atoms with Gasteiger partial charge < -0.3 is 24.7 Å². The number of hydrogen-bond acceptors (Lipinski definition) is 6. The fraction of sp³-hybridized carbons (Fsp3) is 0.200. The normalized spacial score (nSPS) is 16.6. The van der Waals surface area contributed by atoms with Gasteiger partial charge in [0.1, 0.15) is 17.6 Å². The van der Waals surface area contributed by atoms with Crippen molar-refractivity contribution in [3.05, 3.63) is 108 Å². The minimum absolute atomic E-state index is 0.103. The number of amides is 1. The molecular weight excluding hydrogens is 512 g/mol. The molecule has 8 nitrogen and oxygen atoms in total. The fourth-order valence-corrected chi connectivity index (χ4v) is 5.01. The van der Waals surface area contributed by atoms with Crippen molar-refractivity contribution >= 4 is 34.9 Å². The molecule has 1 aliphatic heterocycles. The predicted octanol–water partition coefficient (Wildman–Crippen LogP) is 5.44. The molecule has 5 rings (SSSR count). The monoisotopic (exact) mass is 540 g/mol. The number of thiocarbonyl (C=S) groups is 1. The lowest BCUT2D eigenvalue weighted by Crippen LogP contribution is -2.32. The van der Waals surface area contributed by atoms with E-state index in [0.717, 1.165) is 22.5 Å². The van der Waals surface area contributed by atoms with Crippen LogP contribution in [-0.2, 0) is 9.53 Å². The lowest BCUT2D eigenvalue weighted by atomic mass is 10.0. The van der Waals surface area contributed by atoms with Gasteiger partial charge in [-0.25, -0.2) is 4.79 Å². The zero-order valence-electron chi connectivity index (χ0n) is 21.6. The van der Waals surface area contributed by atoms with E-state index in [-0.39, 0.29) is 24.4 Å². The minimum Gasteiger partial charge on any atom is -0.465 e. The van der Waals surface area contributed by atoms with E-state index in [0.29, 0.717) is 28.7 Å². The number of methoxy groups -OCH3 is 1. The molecule has 1 saturated heterocycles. The molecule has 2 atom stereocenters. The first-order valence-corrected chi connectivity index (χ1v) is 13.0. The van der Waals surface area contributed by atoms with E-state index in [1.54, 1.807) is 18.3 Å². The van der Waals surface area contributed by atoms with Gasteiger partial charge in [-0.1, -0.05) is 30.3 Å². The van der Waals surface area contributed by atoms with Crippen LogP contribution in [0.2, 0.25) is 0 Å². The van der Waals surface area contributed by atoms with Crippen molar-refractivity contribution in [1.29, 1.82) is 0 Å². The van der Waals surface area contributed by atoms with Gasteiger partial charge in [-0.05, 0) is 73.2 Å². The van der Waals surface area contributed by atoms with Crippen LogP contribution < -0.4 is 10.6 Å². The second kappa shape index (κ2) is 11.5. The molecule has 2 N–H and O–H groups in total. The molecule has 1 amide bonds. The number of aryl methyl sites for hydroxylation is 1. The third-order valence-corrected chi connectivity index (χ3v) is 6.94. The van der Waals surface area contributed by atoms with Crippen LogP contribution in [0, 0.1) is 6.92 Å². The van der Waals surface area contributed by atoms with Gasteiger partial charge in [0.05, 0.1) is 24.4 Å². The maximum Gasteiger partial charge on any atom is 0.337 e. The maximum absolute atomic E-state index is 12.8. The van der Waals surface area contributed by atoms with Crippen molar-refractivity contribution in [3.8, 4) is 11.3 Å². The first-order valence-electron chi connectivity index (χ1n) is 12.6. The van der Waals surface area contributed by atoms with Gasteiger partial charge in [0, 0.05) is 30.4 Å². The summed E-state index contributed by atoms with van der Waals surface area (Å²) in [4.78, 5) is 31.1. The number of esters is 1. The van der Waals surface area contributed by atoms with Crippen LogP contribution in [0.1, 0.15) is 45.9 Å². The molecule has 4 aromatic rings. The quantitative estimate of drug-likeness (QED) is 0.225. The maximum atomic E-state index is 12.8. The second-order valence-electron chi connectivity index (χ2n) is 9.26. The summed E-state index contributed by atoms with van der Waals surface area (Å²) in [6.07, 6.45) is 1.98.